The van der Waals surface area contributed by atoms with Gasteiger partial charge in [0.1, 0.15) is 5.82 Å². The number of rotatable bonds is 2. The maximum atomic E-state index is 13.3. The molecule has 0 atom stereocenters. The number of aryl methyl sites for hydroxylation is 1. The van der Waals surface area contributed by atoms with E-state index in [9.17, 15) is 14.3 Å². The van der Waals surface area contributed by atoms with Crippen LogP contribution >= 0.6 is 15.9 Å². The molecule has 2 rings (SSSR count). The first-order valence-electron chi connectivity index (χ1n) is 5.28. The summed E-state index contributed by atoms with van der Waals surface area (Å²) >= 11 is 3.23. The maximum Gasteiger partial charge on any atom is 0.336 e. The third kappa shape index (κ3) is 2.43. The van der Waals surface area contributed by atoms with Gasteiger partial charge in [-0.15, -0.1) is 0 Å². The minimum absolute atomic E-state index is 0.151. The van der Waals surface area contributed by atoms with Gasteiger partial charge in [0.15, 0.2) is 0 Å². The molecule has 0 saturated heterocycles. The number of hydrogen-bond donors (Lipinski definition) is 1. The highest BCUT2D eigenvalue weighted by molar-refractivity contribution is 9.10. The number of carboxylic acid groups (broad SMARTS) is 1. The SMILES string of the molecule is Cc1ccc(F)cc1-c1ccc(Br)cc1C(=O)O. The summed E-state index contributed by atoms with van der Waals surface area (Å²) in [4.78, 5) is 11.2. The molecule has 0 heterocycles. The summed E-state index contributed by atoms with van der Waals surface area (Å²) in [6.07, 6.45) is 0. The molecule has 2 aromatic carbocycles. The summed E-state index contributed by atoms with van der Waals surface area (Å²) in [5, 5.41) is 9.20. The normalized spacial score (nSPS) is 10.4. The van der Waals surface area contributed by atoms with Crippen LogP contribution in [0.25, 0.3) is 11.1 Å². The summed E-state index contributed by atoms with van der Waals surface area (Å²) in [5.74, 6) is -1.41. The van der Waals surface area contributed by atoms with E-state index in [2.05, 4.69) is 15.9 Å². The van der Waals surface area contributed by atoms with Gasteiger partial charge in [-0.1, -0.05) is 28.1 Å². The summed E-state index contributed by atoms with van der Waals surface area (Å²) < 4.78 is 14.0. The van der Waals surface area contributed by atoms with E-state index in [4.69, 9.17) is 0 Å². The molecule has 0 unspecified atom stereocenters. The zero-order valence-electron chi connectivity index (χ0n) is 9.58. The molecule has 18 heavy (non-hydrogen) atoms. The van der Waals surface area contributed by atoms with Crippen molar-refractivity contribution in [1.82, 2.24) is 0 Å². The van der Waals surface area contributed by atoms with Crippen LogP contribution in [0.4, 0.5) is 4.39 Å². The predicted molar refractivity (Wildman–Crippen MR) is 71.2 cm³/mol. The van der Waals surface area contributed by atoms with Crippen LogP contribution in [0.2, 0.25) is 0 Å². The molecule has 0 aromatic heterocycles. The number of carboxylic acids is 1. The minimum atomic E-state index is -1.03. The molecule has 0 radical (unpaired) electrons. The molecule has 0 spiro atoms. The van der Waals surface area contributed by atoms with E-state index in [1.807, 2.05) is 6.92 Å². The van der Waals surface area contributed by atoms with Gasteiger partial charge < -0.3 is 5.11 Å². The highest BCUT2D eigenvalue weighted by Crippen LogP contribution is 2.29. The predicted octanol–water partition coefficient (Wildman–Crippen LogP) is 4.26. The van der Waals surface area contributed by atoms with Crippen molar-refractivity contribution in [2.75, 3.05) is 0 Å². The van der Waals surface area contributed by atoms with Crippen molar-refractivity contribution < 1.29 is 14.3 Å². The number of carbonyl (C=O) groups is 1. The van der Waals surface area contributed by atoms with Crippen LogP contribution in [0.15, 0.2) is 40.9 Å². The van der Waals surface area contributed by atoms with Gasteiger partial charge in [-0.2, -0.15) is 0 Å². The zero-order chi connectivity index (χ0) is 13.3. The number of aromatic carboxylic acids is 1. The molecule has 0 saturated carbocycles. The first kappa shape index (κ1) is 12.8. The third-order valence-corrected chi connectivity index (χ3v) is 3.20. The van der Waals surface area contributed by atoms with Gasteiger partial charge in [-0.25, -0.2) is 9.18 Å². The Morgan fingerprint density at radius 1 is 1.17 bits per heavy atom. The number of halogens is 2. The third-order valence-electron chi connectivity index (χ3n) is 2.70. The Balaban J connectivity index is 2.70. The van der Waals surface area contributed by atoms with Crippen LogP contribution in [0.5, 0.6) is 0 Å². The second kappa shape index (κ2) is 4.90. The fourth-order valence-electron chi connectivity index (χ4n) is 1.81. The maximum absolute atomic E-state index is 13.3. The Morgan fingerprint density at radius 3 is 2.56 bits per heavy atom. The van der Waals surface area contributed by atoms with Crippen molar-refractivity contribution in [1.29, 1.82) is 0 Å². The van der Waals surface area contributed by atoms with Gasteiger partial charge in [0.2, 0.25) is 0 Å². The molecule has 0 fully saturated rings. The summed E-state index contributed by atoms with van der Waals surface area (Å²) in [5.41, 5.74) is 2.10. The van der Waals surface area contributed by atoms with Crippen molar-refractivity contribution >= 4 is 21.9 Å². The molecule has 2 aromatic rings. The van der Waals surface area contributed by atoms with E-state index in [1.54, 1.807) is 18.2 Å². The lowest BCUT2D eigenvalue weighted by molar-refractivity contribution is 0.0697. The van der Waals surface area contributed by atoms with Gasteiger partial charge in [0.25, 0.3) is 0 Å². The Bertz CT molecular complexity index is 623. The lowest BCUT2D eigenvalue weighted by atomic mass is 9.96. The topological polar surface area (TPSA) is 37.3 Å². The van der Waals surface area contributed by atoms with Crippen LogP contribution in [-0.2, 0) is 0 Å². The van der Waals surface area contributed by atoms with E-state index in [1.165, 1.54) is 18.2 Å². The fourth-order valence-corrected chi connectivity index (χ4v) is 2.17. The second-order valence-electron chi connectivity index (χ2n) is 3.95. The first-order valence-corrected chi connectivity index (χ1v) is 6.07. The largest absolute Gasteiger partial charge is 0.478 e. The highest BCUT2D eigenvalue weighted by Gasteiger charge is 2.14. The van der Waals surface area contributed by atoms with E-state index in [0.29, 0.717) is 15.6 Å². The summed E-state index contributed by atoms with van der Waals surface area (Å²) in [6.45, 7) is 1.82. The highest BCUT2D eigenvalue weighted by atomic mass is 79.9. The quantitative estimate of drug-likeness (QED) is 0.900. The monoisotopic (exact) mass is 308 g/mol. The second-order valence-corrected chi connectivity index (χ2v) is 4.87. The van der Waals surface area contributed by atoms with Crippen LogP contribution in [-0.4, -0.2) is 11.1 Å². The Morgan fingerprint density at radius 2 is 1.89 bits per heavy atom. The van der Waals surface area contributed by atoms with Gasteiger partial charge in [0.05, 0.1) is 5.56 Å². The molecule has 0 aliphatic carbocycles. The van der Waals surface area contributed by atoms with E-state index in [0.717, 1.165) is 5.56 Å². The Labute approximate surface area is 112 Å². The standard InChI is InChI=1S/C14H10BrFO2/c1-8-2-4-10(16)7-12(8)11-5-3-9(15)6-13(11)14(17)18/h2-7H,1H3,(H,17,18). The number of benzene rings is 2. The Hall–Kier alpha value is -1.68. The van der Waals surface area contributed by atoms with E-state index >= 15 is 0 Å². The number of hydrogen-bond acceptors (Lipinski definition) is 1. The van der Waals surface area contributed by atoms with Gasteiger partial charge >= 0.3 is 5.97 Å². The van der Waals surface area contributed by atoms with Crippen LogP contribution in [0, 0.1) is 12.7 Å². The molecule has 0 bridgehead atoms. The van der Waals surface area contributed by atoms with Gasteiger partial charge in [0, 0.05) is 4.47 Å². The molecule has 0 aliphatic heterocycles. The smallest absolute Gasteiger partial charge is 0.336 e. The van der Waals surface area contributed by atoms with Crippen molar-refractivity contribution in [2.45, 2.75) is 6.92 Å². The lowest BCUT2D eigenvalue weighted by Crippen LogP contribution is -2.00. The average Bonchev–Trinajstić information content (AvgIpc) is 2.32. The first-order chi connectivity index (χ1) is 8.49. The molecule has 92 valence electrons. The Kier molecular flexibility index (Phi) is 3.48. The lowest BCUT2D eigenvalue weighted by Gasteiger charge is -2.10. The molecular formula is C14H10BrFO2. The van der Waals surface area contributed by atoms with Crippen molar-refractivity contribution in [3.05, 3.63) is 57.8 Å². The summed E-state index contributed by atoms with van der Waals surface area (Å²) in [6, 6.07) is 9.28. The molecule has 2 nitrogen and oxygen atoms in total. The van der Waals surface area contributed by atoms with Crippen LogP contribution in [0.1, 0.15) is 15.9 Å². The van der Waals surface area contributed by atoms with Crippen LogP contribution < -0.4 is 0 Å². The molecule has 4 heteroatoms. The van der Waals surface area contributed by atoms with Gasteiger partial charge in [-0.3, -0.25) is 0 Å². The zero-order valence-corrected chi connectivity index (χ0v) is 11.2. The molecule has 0 amide bonds. The van der Waals surface area contributed by atoms with Gasteiger partial charge in [-0.05, 0) is 47.9 Å². The fraction of sp³-hybridized carbons (Fsp3) is 0.0714. The minimum Gasteiger partial charge on any atom is -0.478 e. The van der Waals surface area contributed by atoms with E-state index < -0.39 is 5.97 Å². The van der Waals surface area contributed by atoms with Crippen molar-refractivity contribution in [3.63, 3.8) is 0 Å². The van der Waals surface area contributed by atoms with Crippen LogP contribution in [0.3, 0.4) is 0 Å². The average molecular weight is 309 g/mol. The molecule has 0 aliphatic rings. The van der Waals surface area contributed by atoms with Crippen molar-refractivity contribution in [2.24, 2.45) is 0 Å². The molecular weight excluding hydrogens is 299 g/mol. The summed E-state index contributed by atoms with van der Waals surface area (Å²) in [7, 11) is 0. The van der Waals surface area contributed by atoms with E-state index in [-0.39, 0.29) is 11.4 Å². The van der Waals surface area contributed by atoms with Crippen molar-refractivity contribution in [3.8, 4) is 11.1 Å². The molecule has 1 N–H and O–H groups in total.